The first-order valence-electron chi connectivity index (χ1n) is 5.89. The monoisotopic (exact) mass is 368 g/mol. The lowest BCUT2D eigenvalue weighted by Gasteiger charge is -2.07. The highest BCUT2D eigenvalue weighted by molar-refractivity contribution is 9.10. The molecule has 1 heterocycles. The Bertz CT molecular complexity index is 689. The summed E-state index contributed by atoms with van der Waals surface area (Å²) < 4.78 is 0.586. The number of carbonyl (C=O) groups is 2. The summed E-state index contributed by atoms with van der Waals surface area (Å²) in [7, 11) is 0. The van der Waals surface area contributed by atoms with Crippen LogP contribution in [0.5, 0.6) is 0 Å². The van der Waals surface area contributed by atoms with Crippen molar-refractivity contribution in [2.75, 3.05) is 5.32 Å². The Morgan fingerprint density at radius 1 is 1.29 bits per heavy atom. The molecule has 5 nitrogen and oxygen atoms in total. The molecule has 0 atom stereocenters. The van der Waals surface area contributed by atoms with E-state index in [0.717, 1.165) is 0 Å². The van der Waals surface area contributed by atoms with Crippen LogP contribution in [0.15, 0.2) is 41.0 Å². The predicted molar refractivity (Wildman–Crippen MR) is 82.7 cm³/mol. The van der Waals surface area contributed by atoms with Gasteiger partial charge < -0.3 is 10.4 Å². The number of nitrogens with zero attached hydrogens (tertiary/aromatic N) is 1. The van der Waals surface area contributed by atoms with Crippen LogP contribution in [0.3, 0.4) is 0 Å². The van der Waals surface area contributed by atoms with E-state index in [4.69, 9.17) is 16.7 Å². The summed E-state index contributed by atoms with van der Waals surface area (Å²) >= 11 is 9.09. The first-order valence-corrected chi connectivity index (χ1v) is 7.06. The molecule has 2 aromatic rings. The zero-order chi connectivity index (χ0) is 15.4. The molecule has 0 aliphatic heterocycles. The van der Waals surface area contributed by atoms with E-state index >= 15 is 0 Å². The summed E-state index contributed by atoms with van der Waals surface area (Å²) in [5, 5.41) is 11.9. The Morgan fingerprint density at radius 3 is 2.62 bits per heavy atom. The number of nitrogens with one attached hydrogen (secondary N) is 1. The van der Waals surface area contributed by atoms with Gasteiger partial charge in [0.25, 0.3) is 5.91 Å². The van der Waals surface area contributed by atoms with E-state index in [0.29, 0.717) is 26.4 Å². The van der Waals surface area contributed by atoms with Crippen molar-refractivity contribution in [3.63, 3.8) is 0 Å². The van der Waals surface area contributed by atoms with Gasteiger partial charge in [0.1, 0.15) is 0 Å². The summed E-state index contributed by atoms with van der Waals surface area (Å²) in [4.78, 5) is 26.6. The summed E-state index contributed by atoms with van der Waals surface area (Å²) in [6.45, 7) is 0. The SMILES string of the molecule is O=C(O)Cc1ccc(NC(=O)c2ccc(Cl)cc2Br)cn1. The van der Waals surface area contributed by atoms with Gasteiger partial charge in [-0.25, -0.2) is 0 Å². The standard InChI is InChI=1S/C14H10BrClN2O3/c15-12-5-8(16)1-4-11(12)14(21)18-10-3-2-9(17-7-10)6-13(19)20/h1-5,7H,6H2,(H,18,21)(H,19,20). The fourth-order valence-corrected chi connectivity index (χ4v) is 2.49. The number of hydrogen-bond donors (Lipinski definition) is 2. The number of hydrogen-bond acceptors (Lipinski definition) is 3. The number of carboxylic acid groups (broad SMARTS) is 1. The lowest BCUT2D eigenvalue weighted by Crippen LogP contribution is -2.13. The largest absolute Gasteiger partial charge is 0.481 e. The average molecular weight is 370 g/mol. The van der Waals surface area contributed by atoms with Crippen LogP contribution in [0, 0.1) is 0 Å². The topological polar surface area (TPSA) is 79.3 Å². The van der Waals surface area contributed by atoms with Gasteiger partial charge in [0.15, 0.2) is 0 Å². The van der Waals surface area contributed by atoms with Gasteiger partial charge in [0.05, 0.1) is 29.6 Å². The Morgan fingerprint density at radius 2 is 2.05 bits per heavy atom. The molecule has 1 amide bonds. The Labute approximate surface area is 134 Å². The van der Waals surface area contributed by atoms with Crippen LogP contribution in [0.1, 0.15) is 16.1 Å². The molecule has 1 aromatic heterocycles. The molecule has 108 valence electrons. The average Bonchev–Trinajstić information content (AvgIpc) is 2.40. The van der Waals surface area contributed by atoms with Crippen LogP contribution >= 0.6 is 27.5 Å². The number of halogens is 2. The Hall–Kier alpha value is -1.92. The number of amides is 1. The number of aliphatic carboxylic acids is 1. The number of pyridine rings is 1. The Balaban J connectivity index is 2.10. The van der Waals surface area contributed by atoms with Crippen molar-refractivity contribution >= 4 is 45.1 Å². The van der Waals surface area contributed by atoms with Gasteiger partial charge in [-0.1, -0.05) is 11.6 Å². The van der Waals surface area contributed by atoms with Crippen molar-refractivity contribution in [3.05, 3.63) is 57.3 Å². The second kappa shape index (κ2) is 6.69. The zero-order valence-electron chi connectivity index (χ0n) is 10.6. The van der Waals surface area contributed by atoms with E-state index in [2.05, 4.69) is 26.2 Å². The molecule has 0 bridgehead atoms. The maximum atomic E-state index is 12.1. The summed E-state index contributed by atoms with van der Waals surface area (Å²) in [6.07, 6.45) is 1.26. The molecule has 0 aliphatic carbocycles. The number of carboxylic acids is 1. The number of aromatic nitrogens is 1. The molecule has 0 radical (unpaired) electrons. The van der Waals surface area contributed by atoms with Crippen LogP contribution in [-0.2, 0) is 11.2 Å². The predicted octanol–water partition coefficient (Wildman–Crippen LogP) is 3.38. The van der Waals surface area contributed by atoms with Gasteiger partial charge in [-0.3, -0.25) is 14.6 Å². The van der Waals surface area contributed by atoms with E-state index < -0.39 is 5.97 Å². The van der Waals surface area contributed by atoms with Crippen LogP contribution in [0.4, 0.5) is 5.69 Å². The van der Waals surface area contributed by atoms with Gasteiger partial charge >= 0.3 is 5.97 Å². The molecule has 0 saturated heterocycles. The van der Waals surface area contributed by atoms with Gasteiger partial charge in [0.2, 0.25) is 0 Å². The molecule has 2 rings (SSSR count). The van der Waals surface area contributed by atoms with E-state index in [9.17, 15) is 9.59 Å². The quantitative estimate of drug-likeness (QED) is 0.866. The number of anilines is 1. The third-order valence-electron chi connectivity index (χ3n) is 2.59. The third-order valence-corrected chi connectivity index (χ3v) is 3.48. The van der Waals surface area contributed by atoms with Crippen molar-refractivity contribution < 1.29 is 14.7 Å². The summed E-state index contributed by atoms with van der Waals surface area (Å²) in [6, 6.07) is 8.02. The van der Waals surface area contributed by atoms with E-state index in [1.807, 2.05) is 0 Å². The van der Waals surface area contributed by atoms with Crippen LogP contribution in [0.2, 0.25) is 5.02 Å². The van der Waals surface area contributed by atoms with Crippen LogP contribution < -0.4 is 5.32 Å². The van der Waals surface area contributed by atoms with Gasteiger partial charge in [-0.05, 0) is 46.3 Å². The van der Waals surface area contributed by atoms with Gasteiger partial charge in [-0.15, -0.1) is 0 Å². The fraction of sp³-hybridized carbons (Fsp3) is 0.0714. The molecule has 0 unspecified atom stereocenters. The molecular weight excluding hydrogens is 360 g/mol. The van der Waals surface area contributed by atoms with E-state index in [-0.39, 0.29) is 12.3 Å². The smallest absolute Gasteiger partial charge is 0.309 e. The molecule has 0 spiro atoms. The highest BCUT2D eigenvalue weighted by Crippen LogP contribution is 2.22. The van der Waals surface area contributed by atoms with E-state index in [1.165, 1.54) is 6.20 Å². The van der Waals surface area contributed by atoms with Crippen molar-refractivity contribution in [3.8, 4) is 0 Å². The molecule has 21 heavy (non-hydrogen) atoms. The number of carbonyl (C=O) groups excluding carboxylic acids is 1. The first-order chi connectivity index (χ1) is 9.95. The minimum absolute atomic E-state index is 0.156. The molecule has 0 saturated carbocycles. The molecule has 1 aromatic carbocycles. The highest BCUT2D eigenvalue weighted by Gasteiger charge is 2.11. The first kappa shape index (κ1) is 15.5. The lowest BCUT2D eigenvalue weighted by atomic mass is 10.2. The maximum absolute atomic E-state index is 12.1. The van der Waals surface area contributed by atoms with Crippen molar-refractivity contribution in [1.82, 2.24) is 4.98 Å². The second-order valence-electron chi connectivity index (χ2n) is 4.19. The lowest BCUT2D eigenvalue weighted by molar-refractivity contribution is -0.136. The van der Waals surface area contributed by atoms with Crippen molar-refractivity contribution in [2.45, 2.75) is 6.42 Å². The minimum Gasteiger partial charge on any atom is -0.481 e. The second-order valence-corrected chi connectivity index (χ2v) is 5.48. The van der Waals surface area contributed by atoms with Crippen LogP contribution in [0.25, 0.3) is 0 Å². The zero-order valence-corrected chi connectivity index (χ0v) is 13.0. The molecular formula is C14H10BrClN2O3. The minimum atomic E-state index is -0.954. The normalized spacial score (nSPS) is 10.2. The maximum Gasteiger partial charge on any atom is 0.309 e. The number of rotatable bonds is 4. The molecule has 0 aliphatic rings. The van der Waals surface area contributed by atoms with Crippen molar-refractivity contribution in [1.29, 1.82) is 0 Å². The summed E-state index contributed by atoms with van der Waals surface area (Å²) in [5.74, 6) is -1.27. The van der Waals surface area contributed by atoms with Gasteiger partial charge in [0, 0.05) is 9.50 Å². The fourth-order valence-electron chi connectivity index (χ4n) is 1.63. The molecule has 7 heteroatoms. The number of benzene rings is 1. The Kier molecular flexibility index (Phi) is 4.93. The molecule has 2 N–H and O–H groups in total. The summed E-state index contributed by atoms with van der Waals surface area (Å²) in [5.41, 5.74) is 1.35. The third kappa shape index (κ3) is 4.27. The van der Waals surface area contributed by atoms with E-state index in [1.54, 1.807) is 30.3 Å². The highest BCUT2D eigenvalue weighted by atomic mass is 79.9. The molecule has 0 fully saturated rings. The van der Waals surface area contributed by atoms with Crippen molar-refractivity contribution in [2.24, 2.45) is 0 Å². The van der Waals surface area contributed by atoms with Gasteiger partial charge in [-0.2, -0.15) is 0 Å². The van der Waals surface area contributed by atoms with Crippen LogP contribution in [-0.4, -0.2) is 22.0 Å².